The number of fused-ring (bicyclic) bond motifs is 1. The minimum Gasteiger partial charge on any atom is -0.377 e. The van der Waals surface area contributed by atoms with Gasteiger partial charge in [-0.3, -0.25) is 9.69 Å². The maximum Gasteiger partial charge on any atom is 0.253 e. The Morgan fingerprint density at radius 1 is 1.18 bits per heavy atom. The van der Waals surface area contributed by atoms with E-state index in [4.69, 9.17) is 16.3 Å². The molecular weight excluding hydrogens is 500 g/mol. The van der Waals surface area contributed by atoms with E-state index in [1.54, 1.807) is 0 Å². The monoisotopic (exact) mass is 534 g/mol. The summed E-state index contributed by atoms with van der Waals surface area (Å²) in [6, 6.07) is 13.5. The number of benzene rings is 2. The molecule has 8 nitrogen and oxygen atoms in total. The Morgan fingerprint density at radius 2 is 1.95 bits per heavy atom. The van der Waals surface area contributed by atoms with E-state index in [2.05, 4.69) is 65.2 Å². The van der Waals surface area contributed by atoms with Crippen molar-refractivity contribution in [3.8, 4) is 0 Å². The van der Waals surface area contributed by atoms with Gasteiger partial charge in [0.25, 0.3) is 5.56 Å². The normalized spacial score (nSPS) is 17.0. The molecule has 38 heavy (non-hydrogen) atoms. The second-order valence-corrected chi connectivity index (χ2v) is 11.7. The van der Waals surface area contributed by atoms with E-state index in [9.17, 15) is 4.79 Å². The van der Waals surface area contributed by atoms with Crippen molar-refractivity contribution in [1.29, 1.82) is 0 Å². The van der Waals surface area contributed by atoms with E-state index < -0.39 is 6.04 Å². The van der Waals surface area contributed by atoms with E-state index in [0.717, 1.165) is 47.0 Å². The molecular formula is C29H35ClN6O2. The second-order valence-electron chi connectivity index (χ2n) is 11.3. The van der Waals surface area contributed by atoms with E-state index in [0.29, 0.717) is 29.5 Å². The average molecular weight is 535 g/mol. The summed E-state index contributed by atoms with van der Waals surface area (Å²) in [5, 5.41) is 14.6. The van der Waals surface area contributed by atoms with Gasteiger partial charge < -0.3 is 9.72 Å². The molecule has 1 N–H and O–H groups in total. The molecule has 0 unspecified atom stereocenters. The number of nitrogens with one attached hydrogen (secondary N) is 1. The number of pyridine rings is 1. The van der Waals surface area contributed by atoms with Crippen molar-refractivity contribution >= 4 is 22.5 Å². The van der Waals surface area contributed by atoms with Crippen molar-refractivity contribution in [1.82, 2.24) is 30.1 Å². The van der Waals surface area contributed by atoms with Gasteiger partial charge in [0.2, 0.25) is 0 Å². The Hall–Kier alpha value is -3.07. The number of tetrazole rings is 1. The van der Waals surface area contributed by atoms with Crippen LogP contribution in [-0.2, 0) is 16.8 Å². The lowest BCUT2D eigenvalue weighted by molar-refractivity contribution is 0.0564. The number of H-pyrrole nitrogens is 1. The van der Waals surface area contributed by atoms with E-state index in [-0.39, 0.29) is 17.2 Å². The molecule has 9 heteroatoms. The van der Waals surface area contributed by atoms with Crippen LogP contribution >= 0.6 is 11.6 Å². The number of ether oxygens (including phenoxy) is 1. The third-order valence-corrected chi connectivity index (χ3v) is 7.37. The highest BCUT2D eigenvalue weighted by molar-refractivity contribution is 6.30. The van der Waals surface area contributed by atoms with Crippen LogP contribution in [0.4, 0.5) is 0 Å². The van der Waals surface area contributed by atoms with E-state index >= 15 is 0 Å². The van der Waals surface area contributed by atoms with Gasteiger partial charge in [-0.15, -0.1) is 5.10 Å². The lowest BCUT2D eigenvalue weighted by Crippen LogP contribution is -2.40. The Kier molecular flexibility index (Phi) is 7.40. The lowest BCUT2D eigenvalue weighted by atomic mass is 9.98. The Morgan fingerprint density at radius 3 is 2.63 bits per heavy atom. The fourth-order valence-corrected chi connectivity index (χ4v) is 5.51. The van der Waals surface area contributed by atoms with Gasteiger partial charge in [-0.25, -0.2) is 4.68 Å². The highest BCUT2D eigenvalue weighted by atomic mass is 35.5. The minimum absolute atomic E-state index is 0.0628. The maximum absolute atomic E-state index is 13.8. The number of hydrogen-bond acceptors (Lipinski definition) is 6. The number of aromatic nitrogens is 5. The molecule has 2 aromatic carbocycles. The molecule has 1 aliphatic heterocycles. The van der Waals surface area contributed by atoms with Crippen LogP contribution in [0.3, 0.4) is 0 Å². The summed E-state index contributed by atoms with van der Waals surface area (Å²) in [6.45, 7) is 12.2. The molecule has 0 amide bonds. The van der Waals surface area contributed by atoms with Crippen LogP contribution in [-0.4, -0.2) is 49.3 Å². The molecule has 0 aliphatic carbocycles. The zero-order valence-corrected chi connectivity index (χ0v) is 23.4. The number of rotatable bonds is 7. The molecule has 1 fully saturated rings. The Bertz CT molecular complexity index is 1480. The van der Waals surface area contributed by atoms with Gasteiger partial charge in [-0.05, 0) is 98.7 Å². The second kappa shape index (κ2) is 10.6. The highest BCUT2D eigenvalue weighted by Crippen LogP contribution is 2.32. The summed E-state index contributed by atoms with van der Waals surface area (Å²) in [7, 11) is 0. The summed E-state index contributed by atoms with van der Waals surface area (Å²) < 4.78 is 7.89. The molecule has 1 saturated heterocycles. The summed E-state index contributed by atoms with van der Waals surface area (Å²) in [6.07, 6.45) is 2.06. The molecule has 0 saturated carbocycles. The molecule has 4 aromatic rings. The van der Waals surface area contributed by atoms with Gasteiger partial charge in [0, 0.05) is 30.3 Å². The van der Waals surface area contributed by atoms with Gasteiger partial charge in [0.1, 0.15) is 6.04 Å². The van der Waals surface area contributed by atoms with Crippen molar-refractivity contribution in [2.24, 2.45) is 0 Å². The molecule has 3 heterocycles. The van der Waals surface area contributed by atoms with E-state index in [1.165, 1.54) is 0 Å². The smallest absolute Gasteiger partial charge is 0.253 e. The summed E-state index contributed by atoms with van der Waals surface area (Å²) in [4.78, 5) is 19.2. The number of aromatic amines is 1. The van der Waals surface area contributed by atoms with Gasteiger partial charge in [-0.1, -0.05) is 35.4 Å². The third-order valence-electron chi connectivity index (χ3n) is 7.12. The molecule has 0 bridgehead atoms. The Balaban J connectivity index is 1.71. The minimum atomic E-state index is -0.502. The van der Waals surface area contributed by atoms with Crippen LogP contribution in [0.5, 0.6) is 0 Å². The van der Waals surface area contributed by atoms with Crippen LogP contribution < -0.4 is 5.56 Å². The third kappa shape index (κ3) is 5.53. The molecule has 5 rings (SSSR count). The fourth-order valence-electron chi connectivity index (χ4n) is 5.38. The summed E-state index contributed by atoms with van der Waals surface area (Å²) in [5.74, 6) is 0.624. The maximum atomic E-state index is 13.8. The van der Waals surface area contributed by atoms with Crippen molar-refractivity contribution in [3.63, 3.8) is 0 Å². The predicted octanol–water partition coefficient (Wildman–Crippen LogP) is 5.31. The average Bonchev–Trinajstić information content (AvgIpc) is 3.54. The SMILES string of the molecule is Cc1cc(C)c2[nH]c(=O)c([C@H](c3nnnn3C(C)(C)C)N(Cc3ccc(Cl)cc3)C[C@@H]3CCCO3)cc2c1. The lowest BCUT2D eigenvalue weighted by Gasteiger charge is -2.34. The number of hydrogen-bond donors (Lipinski definition) is 1. The van der Waals surface area contributed by atoms with Crippen LogP contribution in [0, 0.1) is 13.8 Å². The van der Waals surface area contributed by atoms with Gasteiger partial charge in [-0.2, -0.15) is 0 Å². The van der Waals surface area contributed by atoms with Gasteiger partial charge in [0.15, 0.2) is 5.82 Å². The van der Waals surface area contributed by atoms with E-state index in [1.807, 2.05) is 41.9 Å². The quantitative estimate of drug-likeness (QED) is 0.345. The topological polar surface area (TPSA) is 88.9 Å². The summed E-state index contributed by atoms with van der Waals surface area (Å²) in [5.41, 5.74) is 4.18. The number of aryl methyl sites for hydroxylation is 2. The molecule has 0 spiro atoms. The first-order chi connectivity index (χ1) is 18.1. The first-order valence-corrected chi connectivity index (χ1v) is 13.5. The van der Waals surface area contributed by atoms with Crippen molar-refractivity contribution in [2.45, 2.75) is 71.7 Å². The van der Waals surface area contributed by atoms with Crippen LogP contribution in [0.2, 0.25) is 5.02 Å². The van der Waals surface area contributed by atoms with Crippen LogP contribution in [0.15, 0.2) is 47.3 Å². The number of halogens is 1. The molecule has 1 aliphatic rings. The van der Waals surface area contributed by atoms with Crippen LogP contribution in [0.1, 0.15) is 67.7 Å². The molecule has 0 radical (unpaired) electrons. The molecule has 2 atom stereocenters. The van der Waals surface area contributed by atoms with Gasteiger partial charge in [0.05, 0.1) is 17.2 Å². The molecule has 200 valence electrons. The zero-order valence-electron chi connectivity index (χ0n) is 22.7. The highest BCUT2D eigenvalue weighted by Gasteiger charge is 2.35. The zero-order chi connectivity index (χ0) is 27.0. The first kappa shape index (κ1) is 26.5. The summed E-state index contributed by atoms with van der Waals surface area (Å²) >= 11 is 6.19. The van der Waals surface area contributed by atoms with Gasteiger partial charge >= 0.3 is 0 Å². The van der Waals surface area contributed by atoms with Crippen molar-refractivity contribution in [3.05, 3.63) is 85.9 Å². The predicted molar refractivity (Wildman–Crippen MR) is 150 cm³/mol. The fraction of sp³-hybridized carbons (Fsp3) is 0.448. The standard InChI is InChI=1S/C29H35ClN6O2/c1-18-13-19(2)25-21(14-18)15-24(28(37)31-25)26(27-32-33-34-36(27)29(3,4)5)35(17-23-7-6-12-38-23)16-20-8-10-22(30)11-9-20/h8-11,13-15,23,26H,6-7,12,16-17H2,1-5H3,(H,31,37)/t23-,26+/m0/s1. The largest absolute Gasteiger partial charge is 0.377 e. The van der Waals surface area contributed by atoms with Crippen molar-refractivity contribution in [2.75, 3.05) is 13.2 Å². The number of nitrogens with zero attached hydrogens (tertiary/aromatic N) is 5. The van der Waals surface area contributed by atoms with Crippen molar-refractivity contribution < 1.29 is 4.74 Å². The van der Waals surface area contributed by atoms with Crippen LogP contribution in [0.25, 0.3) is 10.9 Å². The first-order valence-electron chi connectivity index (χ1n) is 13.1. The Labute approximate surface area is 228 Å². The molecule has 2 aromatic heterocycles.